The maximum Gasteiger partial charge on any atom is 0.220 e. The fourth-order valence-electron chi connectivity index (χ4n) is 7.63. The van der Waals surface area contributed by atoms with Crippen molar-refractivity contribution in [2.75, 3.05) is 13.2 Å². The maximum atomic E-state index is 13.0. The molecule has 0 aromatic carbocycles. The van der Waals surface area contributed by atoms with Crippen LogP contribution in [0.1, 0.15) is 213 Å². The zero-order valence-electron chi connectivity index (χ0n) is 38.5. The van der Waals surface area contributed by atoms with E-state index in [1.807, 2.05) is 6.08 Å². The average Bonchev–Trinajstić information content (AvgIpc) is 3.25. The van der Waals surface area contributed by atoms with Gasteiger partial charge in [-0.1, -0.05) is 197 Å². The maximum absolute atomic E-state index is 13.0. The first-order valence-corrected chi connectivity index (χ1v) is 24.9. The molecule has 7 atom stereocenters. The van der Waals surface area contributed by atoms with Crippen LogP contribution in [-0.2, 0) is 14.3 Å². The van der Waals surface area contributed by atoms with Gasteiger partial charge in [0, 0.05) is 6.42 Å². The highest BCUT2D eigenvalue weighted by atomic mass is 16.7. The summed E-state index contributed by atoms with van der Waals surface area (Å²) in [5.74, 6) is -0.183. The minimum Gasteiger partial charge on any atom is -0.394 e. The second kappa shape index (κ2) is 41.2. The van der Waals surface area contributed by atoms with Crippen molar-refractivity contribution in [3.8, 4) is 0 Å². The molecule has 0 saturated carbocycles. The van der Waals surface area contributed by atoms with Crippen LogP contribution in [0, 0.1) is 0 Å². The summed E-state index contributed by atoms with van der Waals surface area (Å²) in [4.78, 5) is 13.0. The van der Waals surface area contributed by atoms with E-state index in [9.17, 15) is 30.3 Å². The van der Waals surface area contributed by atoms with E-state index in [1.54, 1.807) is 6.08 Å². The summed E-state index contributed by atoms with van der Waals surface area (Å²) in [5.41, 5.74) is 0. The number of aliphatic hydroxyl groups excluding tert-OH is 5. The third kappa shape index (κ3) is 31.1. The summed E-state index contributed by atoms with van der Waals surface area (Å²) in [7, 11) is 0. The number of carbonyl (C=O) groups excluding carboxylic acids is 1. The normalized spacial score (nSPS) is 20.9. The predicted octanol–water partition coefficient (Wildman–Crippen LogP) is 11.0. The second-order valence-electron chi connectivity index (χ2n) is 17.3. The van der Waals surface area contributed by atoms with Gasteiger partial charge in [0.05, 0.1) is 25.4 Å². The van der Waals surface area contributed by atoms with E-state index < -0.39 is 49.5 Å². The molecule has 1 rings (SSSR count). The molecule has 0 spiro atoms. The standard InChI is InChI=1S/C51H93NO8/c1-3-5-7-9-11-13-15-17-18-19-20-21-22-23-24-25-26-27-28-29-31-33-35-37-39-41-47(55)52-44(43-59-51-50(58)49(57)48(56)46(42-53)60-51)45(54)40-38-36-34-32-30-16-14-12-10-8-6-4-2/h15,17,19-20,22-23,38,40,44-46,48-51,53-54,56-58H,3-14,16,18,21,24-37,39,41-43H2,1-2H3,(H,52,55)/b17-15-,20-19-,23-22-,40-38+. The van der Waals surface area contributed by atoms with Crippen molar-refractivity contribution in [1.82, 2.24) is 5.32 Å². The molecular formula is C51H93NO8. The van der Waals surface area contributed by atoms with E-state index >= 15 is 0 Å². The Labute approximate surface area is 367 Å². The zero-order chi connectivity index (χ0) is 43.7. The Hall–Kier alpha value is -1.85. The molecule has 0 radical (unpaired) electrons. The summed E-state index contributed by atoms with van der Waals surface area (Å²) >= 11 is 0. The Morgan fingerprint density at radius 3 is 1.45 bits per heavy atom. The van der Waals surface area contributed by atoms with Crippen LogP contribution >= 0.6 is 0 Å². The molecule has 1 amide bonds. The van der Waals surface area contributed by atoms with Crippen LogP contribution < -0.4 is 5.32 Å². The van der Waals surface area contributed by atoms with E-state index in [0.717, 1.165) is 51.4 Å². The van der Waals surface area contributed by atoms with Gasteiger partial charge in [0.2, 0.25) is 5.91 Å². The van der Waals surface area contributed by atoms with Gasteiger partial charge < -0.3 is 40.3 Å². The minimum absolute atomic E-state index is 0.183. The zero-order valence-corrected chi connectivity index (χ0v) is 38.5. The van der Waals surface area contributed by atoms with Gasteiger partial charge in [0.15, 0.2) is 6.29 Å². The number of allylic oxidation sites excluding steroid dienone is 7. The third-order valence-corrected chi connectivity index (χ3v) is 11.6. The number of aliphatic hydroxyl groups is 5. The molecule has 1 fully saturated rings. The first-order chi connectivity index (χ1) is 29.3. The second-order valence-corrected chi connectivity index (χ2v) is 17.3. The predicted molar refractivity (Wildman–Crippen MR) is 249 cm³/mol. The summed E-state index contributed by atoms with van der Waals surface area (Å²) in [5, 5.41) is 54.2. The van der Waals surface area contributed by atoms with E-state index in [0.29, 0.717) is 6.42 Å². The molecule has 1 aliphatic rings. The highest BCUT2D eigenvalue weighted by Gasteiger charge is 2.44. The molecule has 1 aliphatic heterocycles. The fraction of sp³-hybridized carbons (Fsp3) is 0.824. The number of carbonyl (C=O) groups is 1. The van der Waals surface area contributed by atoms with E-state index in [2.05, 4.69) is 55.6 Å². The van der Waals surface area contributed by atoms with Gasteiger partial charge >= 0.3 is 0 Å². The molecule has 0 aromatic rings. The highest BCUT2D eigenvalue weighted by molar-refractivity contribution is 5.76. The summed E-state index contributed by atoms with van der Waals surface area (Å²) < 4.78 is 11.2. The third-order valence-electron chi connectivity index (χ3n) is 11.6. The topological polar surface area (TPSA) is 149 Å². The molecule has 1 heterocycles. The van der Waals surface area contributed by atoms with Crippen molar-refractivity contribution >= 4 is 5.91 Å². The van der Waals surface area contributed by atoms with Crippen molar-refractivity contribution in [2.24, 2.45) is 0 Å². The summed E-state index contributed by atoms with van der Waals surface area (Å²) in [6.07, 6.45) is 45.9. The molecule has 9 nitrogen and oxygen atoms in total. The van der Waals surface area contributed by atoms with Crippen LogP contribution in [0.2, 0.25) is 0 Å². The lowest BCUT2D eigenvalue weighted by Crippen LogP contribution is -2.60. The molecule has 0 aromatic heterocycles. The number of nitrogens with one attached hydrogen (secondary N) is 1. The fourth-order valence-corrected chi connectivity index (χ4v) is 7.63. The Morgan fingerprint density at radius 1 is 0.567 bits per heavy atom. The molecule has 1 saturated heterocycles. The molecule has 0 aliphatic carbocycles. The Morgan fingerprint density at radius 2 is 0.983 bits per heavy atom. The van der Waals surface area contributed by atoms with Crippen LogP contribution in [0.5, 0.6) is 0 Å². The number of hydrogen-bond acceptors (Lipinski definition) is 8. The van der Waals surface area contributed by atoms with Crippen molar-refractivity contribution < 1.29 is 39.8 Å². The Kier molecular flexibility index (Phi) is 38.5. The SMILES string of the molecule is CCCCCCC/C=C\C/C=C\C/C=C\CCCCCCCCCCCCC(=O)NC(COC1OC(CO)C(O)C(O)C1O)C(O)/C=C/CCCCCCCCCCCC. The summed E-state index contributed by atoms with van der Waals surface area (Å²) in [6, 6.07) is -0.806. The van der Waals surface area contributed by atoms with Crippen molar-refractivity contribution in [1.29, 1.82) is 0 Å². The van der Waals surface area contributed by atoms with Crippen LogP contribution in [-0.4, -0.2) is 87.5 Å². The lowest BCUT2D eigenvalue weighted by molar-refractivity contribution is -0.302. The molecule has 350 valence electrons. The lowest BCUT2D eigenvalue weighted by Gasteiger charge is -2.40. The average molecular weight is 848 g/mol. The van der Waals surface area contributed by atoms with Crippen LogP contribution in [0.15, 0.2) is 48.6 Å². The van der Waals surface area contributed by atoms with E-state index in [4.69, 9.17) is 9.47 Å². The minimum atomic E-state index is -1.57. The molecule has 6 N–H and O–H groups in total. The molecule has 9 heteroatoms. The van der Waals surface area contributed by atoms with Crippen LogP contribution in [0.4, 0.5) is 0 Å². The number of unbranched alkanes of at least 4 members (excludes halogenated alkanes) is 25. The van der Waals surface area contributed by atoms with Gasteiger partial charge in [0.1, 0.15) is 24.4 Å². The number of rotatable bonds is 41. The van der Waals surface area contributed by atoms with Crippen LogP contribution in [0.3, 0.4) is 0 Å². The van der Waals surface area contributed by atoms with E-state index in [-0.39, 0.29) is 12.5 Å². The van der Waals surface area contributed by atoms with Gasteiger partial charge in [-0.25, -0.2) is 0 Å². The Balaban J connectivity index is 2.26. The first kappa shape index (κ1) is 56.2. The van der Waals surface area contributed by atoms with Crippen molar-refractivity contribution in [2.45, 2.75) is 256 Å². The Bertz CT molecular complexity index is 1080. The molecule has 0 bridgehead atoms. The number of amides is 1. The summed E-state index contributed by atoms with van der Waals surface area (Å²) in [6.45, 7) is 3.75. The van der Waals surface area contributed by atoms with Gasteiger partial charge in [-0.3, -0.25) is 4.79 Å². The molecule has 7 unspecified atom stereocenters. The molecular weight excluding hydrogens is 755 g/mol. The smallest absolute Gasteiger partial charge is 0.220 e. The van der Waals surface area contributed by atoms with Gasteiger partial charge in [-0.15, -0.1) is 0 Å². The number of hydrogen-bond donors (Lipinski definition) is 6. The first-order valence-electron chi connectivity index (χ1n) is 24.9. The van der Waals surface area contributed by atoms with Crippen molar-refractivity contribution in [3.05, 3.63) is 48.6 Å². The van der Waals surface area contributed by atoms with Gasteiger partial charge in [0.25, 0.3) is 0 Å². The number of ether oxygens (including phenoxy) is 2. The molecule has 60 heavy (non-hydrogen) atoms. The largest absolute Gasteiger partial charge is 0.394 e. The van der Waals surface area contributed by atoms with Gasteiger partial charge in [-0.2, -0.15) is 0 Å². The lowest BCUT2D eigenvalue weighted by atomic mass is 9.99. The monoisotopic (exact) mass is 848 g/mol. The van der Waals surface area contributed by atoms with Crippen LogP contribution in [0.25, 0.3) is 0 Å². The van der Waals surface area contributed by atoms with Gasteiger partial charge in [-0.05, 0) is 57.8 Å². The highest BCUT2D eigenvalue weighted by Crippen LogP contribution is 2.23. The quantitative estimate of drug-likeness (QED) is 0.0263. The van der Waals surface area contributed by atoms with Crippen molar-refractivity contribution in [3.63, 3.8) is 0 Å². The van der Waals surface area contributed by atoms with E-state index in [1.165, 1.54) is 141 Å².